The molecular weight excluding hydrogens is 452 g/mol. The number of carbonyl (C=O) groups is 2. The Morgan fingerprint density at radius 2 is 1.90 bits per heavy atom. The van der Waals surface area contributed by atoms with E-state index in [4.69, 9.17) is 0 Å². The average molecular weight is 471 g/mol. The van der Waals surface area contributed by atoms with Crippen molar-refractivity contribution in [2.24, 2.45) is 0 Å². The summed E-state index contributed by atoms with van der Waals surface area (Å²) in [5.74, 6) is -0.187. The first-order chi connectivity index (χ1) is 13.9. The molecule has 0 radical (unpaired) electrons. The van der Waals surface area contributed by atoms with Gasteiger partial charge in [0.25, 0.3) is 5.91 Å². The van der Waals surface area contributed by atoms with E-state index in [1.807, 2.05) is 37.3 Å². The van der Waals surface area contributed by atoms with Crippen LogP contribution in [0.5, 0.6) is 0 Å². The third kappa shape index (κ3) is 4.23. The van der Waals surface area contributed by atoms with E-state index in [1.54, 1.807) is 17.0 Å². The van der Waals surface area contributed by atoms with Crippen LogP contribution in [0.3, 0.4) is 0 Å². The second kappa shape index (κ2) is 8.04. The van der Waals surface area contributed by atoms with Gasteiger partial charge in [-0.25, -0.2) is 0 Å². The van der Waals surface area contributed by atoms with Crippen molar-refractivity contribution in [3.05, 3.63) is 68.6 Å². The third-order valence-electron chi connectivity index (χ3n) is 5.04. The van der Waals surface area contributed by atoms with Crippen LogP contribution in [0.15, 0.2) is 46.9 Å². The molecule has 2 aromatic carbocycles. The first-order valence-corrected chi connectivity index (χ1v) is 10.8. The number of rotatable bonds is 4. The van der Waals surface area contributed by atoms with Crippen molar-refractivity contribution < 1.29 is 9.59 Å². The predicted molar refractivity (Wildman–Crippen MR) is 118 cm³/mol. The zero-order valence-electron chi connectivity index (χ0n) is 16.0. The van der Waals surface area contributed by atoms with Gasteiger partial charge < -0.3 is 4.90 Å². The summed E-state index contributed by atoms with van der Waals surface area (Å²) in [6.07, 6.45) is 0.391. The Hall–Kier alpha value is -2.58. The fraction of sp³-hybridized carbons (Fsp3) is 0.238. The molecule has 4 rings (SSSR count). The third-order valence-corrected chi connectivity index (χ3v) is 6.57. The summed E-state index contributed by atoms with van der Waals surface area (Å²) >= 11 is 4.67. The Bertz CT molecular complexity index is 1080. The zero-order valence-corrected chi connectivity index (χ0v) is 18.4. The van der Waals surface area contributed by atoms with Gasteiger partial charge in [-0.2, -0.15) is 0 Å². The van der Waals surface area contributed by atoms with Crippen LogP contribution >= 0.6 is 27.3 Å². The van der Waals surface area contributed by atoms with E-state index < -0.39 is 0 Å². The standard InChI is InChI=1S/C21H19BrN4O2S/c1-12-3-8-17(9-13(12)2)26-11-15(10-18(26)27)20-24-25-21(29-20)23-19(28)14-4-6-16(22)7-5-14/h3-9,15H,10-11H2,1-2H3,(H,23,25,28). The van der Waals surface area contributed by atoms with Crippen LogP contribution in [-0.2, 0) is 4.79 Å². The molecule has 0 saturated carbocycles. The number of amides is 2. The van der Waals surface area contributed by atoms with Crippen molar-refractivity contribution in [2.75, 3.05) is 16.8 Å². The number of aryl methyl sites for hydroxylation is 2. The lowest BCUT2D eigenvalue weighted by Crippen LogP contribution is -2.24. The molecule has 29 heavy (non-hydrogen) atoms. The monoisotopic (exact) mass is 470 g/mol. The van der Waals surface area contributed by atoms with Gasteiger partial charge in [-0.15, -0.1) is 10.2 Å². The van der Waals surface area contributed by atoms with Crippen molar-refractivity contribution in [1.82, 2.24) is 10.2 Å². The van der Waals surface area contributed by atoms with Gasteiger partial charge in [-0.05, 0) is 61.4 Å². The van der Waals surface area contributed by atoms with Gasteiger partial charge in [0, 0.05) is 34.6 Å². The maximum Gasteiger partial charge on any atom is 0.257 e. The lowest BCUT2D eigenvalue weighted by molar-refractivity contribution is -0.117. The number of hydrogen-bond acceptors (Lipinski definition) is 5. The highest BCUT2D eigenvalue weighted by Crippen LogP contribution is 2.34. The van der Waals surface area contributed by atoms with E-state index in [-0.39, 0.29) is 17.7 Å². The predicted octanol–water partition coefficient (Wildman–Crippen LogP) is 4.69. The molecule has 2 heterocycles. The zero-order chi connectivity index (χ0) is 20.5. The molecule has 2 amide bonds. The van der Waals surface area contributed by atoms with Gasteiger partial charge in [0.15, 0.2) is 0 Å². The summed E-state index contributed by atoms with van der Waals surface area (Å²) in [6.45, 7) is 4.66. The Labute approximate surface area is 181 Å². The molecule has 1 atom stereocenters. The van der Waals surface area contributed by atoms with Crippen LogP contribution in [0.4, 0.5) is 10.8 Å². The molecule has 6 nitrogen and oxygen atoms in total. The molecule has 3 aromatic rings. The van der Waals surface area contributed by atoms with Crippen molar-refractivity contribution >= 4 is 49.9 Å². The van der Waals surface area contributed by atoms with Gasteiger partial charge in [-0.3, -0.25) is 14.9 Å². The first-order valence-electron chi connectivity index (χ1n) is 9.18. The smallest absolute Gasteiger partial charge is 0.257 e. The Kier molecular flexibility index (Phi) is 5.47. The Morgan fingerprint density at radius 3 is 2.62 bits per heavy atom. The van der Waals surface area contributed by atoms with Gasteiger partial charge >= 0.3 is 0 Å². The lowest BCUT2D eigenvalue weighted by atomic mass is 10.1. The summed E-state index contributed by atoms with van der Waals surface area (Å²) in [5.41, 5.74) is 3.82. The number of halogens is 1. The summed E-state index contributed by atoms with van der Waals surface area (Å²) in [6, 6.07) is 13.1. The first kappa shape index (κ1) is 19.7. The molecule has 1 aliphatic heterocycles. The SMILES string of the molecule is Cc1ccc(N2CC(c3nnc(NC(=O)c4ccc(Br)cc4)s3)CC2=O)cc1C. The van der Waals surface area contributed by atoms with Crippen LogP contribution in [0.2, 0.25) is 0 Å². The minimum Gasteiger partial charge on any atom is -0.312 e. The summed E-state index contributed by atoms with van der Waals surface area (Å²) in [5, 5.41) is 12.3. The summed E-state index contributed by atoms with van der Waals surface area (Å²) < 4.78 is 0.909. The van der Waals surface area contributed by atoms with E-state index in [1.165, 1.54) is 16.9 Å². The molecule has 0 bridgehead atoms. The van der Waals surface area contributed by atoms with Gasteiger partial charge in [0.2, 0.25) is 11.0 Å². The van der Waals surface area contributed by atoms with Crippen molar-refractivity contribution in [2.45, 2.75) is 26.2 Å². The fourth-order valence-corrected chi connectivity index (χ4v) is 4.33. The molecule has 8 heteroatoms. The quantitative estimate of drug-likeness (QED) is 0.599. The normalized spacial score (nSPS) is 16.3. The minimum atomic E-state index is -0.237. The van der Waals surface area contributed by atoms with E-state index >= 15 is 0 Å². The van der Waals surface area contributed by atoms with Crippen molar-refractivity contribution in [3.63, 3.8) is 0 Å². The second-order valence-corrected chi connectivity index (χ2v) is 9.01. The Morgan fingerprint density at radius 1 is 1.14 bits per heavy atom. The molecule has 0 spiro atoms. The number of carbonyl (C=O) groups excluding carboxylic acids is 2. The van der Waals surface area contributed by atoms with Gasteiger partial charge in [0.1, 0.15) is 5.01 Å². The van der Waals surface area contributed by atoms with E-state index in [0.717, 1.165) is 20.7 Å². The fourth-order valence-electron chi connectivity index (χ4n) is 3.24. The maximum atomic E-state index is 12.6. The number of aromatic nitrogens is 2. The number of benzene rings is 2. The average Bonchev–Trinajstić information content (AvgIpc) is 3.31. The number of nitrogens with zero attached hydrogens (tertiary/aromatic N) is 3. The number of nitrogens with one attached hydrogen (secondary N) is 1. The molecule has 1 N–H and O–H groups in total. The molecular formula is C21H19BrN4O2S. The van der Waals surface area contributed by atoms with Crippen LogP contribution in [0.1, 0.15) is 38.8 Å². The van der Waals surface area contributed by atoms with Crippen LogP contribution in [0, 0.1) is 13.8 Å². The number of hydrogen-bond donors (Lipinski definition) is 1. The summed E-state index contributed by atoms with van der Waals surface area (Å²) in [4.78, 5) is 26.7. The maximum absolute atomic E-state index is 12.6. The molecule has 148 valence electrons. The highest BCUT2D eigenvalue weighted by atomic mass is 79.9. The highest BCUT2D eigenvalue weighted by Gasteiger charge is 2.34. The lowest BCUT2D eigenvalue weighted by Gasteiger charge is -2.17. The highest BCUT2D eigenvalue weighted by molar-refractivity contribution is 9.10. The van der Waals surface area contributed by atoms with Gasteiger partial charge in [0.05, 0.1) is 0 Å². The molecule has 1 aromatic heterocycles. The number of anilines is 2. The van der Waals surface area contributed by atoms with E-state index in [2.05, 4.69) is 38.4 Å². The molecule has 1 saturated heterocycles. The second-order valence-electron chi connectivity index (χ2n) is 7.08. The Balaban J connectivity index is 1.45. The molecule has 0 aliphatic carbocycles. The van der Waals surface area contributed by atoms with Crippen LogP contribution in [0.25, 0.3) is 0 Å². The van der Waals surface area contributed by atoms with Crippen LogP contribution in [-0.4, -0.2) is 28.6 Å². The minimum absolute atomic E-state index is 0.0278. The van der Waals surface area contributed by atoms with Crippen molar-refractivity contribution in [3.8, 4) is 0 Å². The van der Waals surface area contributed by atoms with Crippen LogP contribution < -0.4 is 10.2 Å². The molecule has 1 unspecified atom stereocenters. The van der Waals surface area contributed by atoms with Gasteiger partial charge in [-0.1, -0.05) is 33.3 Å². The topological polar surface area (TPSA) is 75.2 Å². The van der Waals surface area contributed by atoms with Crippen molar-refractivity contribution in [1.29, 1.82) is 0 Å². The van der Waals surface area contributed by atoms with E-state index in [0.29, 0.717) is 23.7 Å². The van der Waals surface area contributed by atoms with E-state index in [9.17, 15) is 9.59 Å². The summed E-state index contributed by atoms with van der Waals surface area (Å²) in [7, 11) is 0. The molecule has 1 fully saturated rings. The molecule has 1 aliphatic rings. The largest absolute Gasteiger partial charge is 0.312 e.